The molecule has 0 aliphatic heterocycles. The van der Waals surface area contributed by atoms with Gasteiger partial charge in [0, 0.05) is 12.1 Å². The van der Waals surface area contributed by atoms with Gasteiger partial charge in [0.05, 0.1) is 6.10 Å². The van der Waals surface area contributed by atoms with Crippen LogP contribution in [0.5, 0.6) is 0 Å². The zero-order chi connectivity index (χ0) is 12.4. The summed E-state index contributed by atoms with van der Waals surface area (Å²) < 4.78 is 31.7. The van der Waals surface area contributed by atoms with Gasteiger partial charge in [0.25, 0.3) is 0 Å². The van der Waals surface area contributed by atoms with Crippen LogP contribution in [0.2, 0.25) is 0 Å². The fourth-order valence-corrected chi connectivity index (χ4v) is 2.33. The molecule has 0 unspecified atom stereocenters. The van der Waals surface area contributed by atoms with E-state index >= 15 is 0 Å². The number of rotatable bonds is 5. The Kier molecular flexibility index (Phi) is 3.76. The molecule has 0 atom stereocenters. The van der Waals surface area contributed by atoms with E-state index < -0.39 is 21.8 Å². The Hall–Kier alpha value is -0.860. The minimum absolute atomic E-state index is 0.215. The quantitative estimate of drug-likeness (QED) is 0.607. The van der Waals surface area contributed by atoms with Crippen molar-refractivity contribution in [3.05, 3.63) is 0 Å². The maximum atomic E-state index is 11.5. The van der Waals surface area contributed by atoms with Gasteiger partial charge in [0.1, 0.15) is 0 Å². The Balaban J connectivity index is 2.49. The van der Waals surface area contributed by atoms with Gasteiger partial charge in [-0.3, -0.25) is 0 Å². The van der Waals surface area contributed by atoms with Gasteiger partial charge in [-0.05, 0) is 26.7 Å². The Morgan fingerprint density at radius 3 is 2.44 bits per heavy atom. The standard InChI is InChI=1S/C8H17N3O4S/c1-6(2)15-7(12)10-16(13,14)11-8(5-9)3-4-8/h6,11H,3-5,9H2,1-2H3,(H,10,12). The van der Waals surface area contributed by atoms with Crippen LogP contribution >= 0.6 is 0 Å². The van der Waals surface area contributed by atoms with E-state index in [1.807, 2.05) is 0 Å². The number of nitrogens with two attached hydrogens (primary N) is 1. The third kappa shape index (κ3) is 3.95. The van der Waals surface area contributed by atoms with Crippen LogP contribution in [-0.4, -0.2) is 32.7 Å². The van der Waals surface area contributed by atoms with Gasteiger partial charge in [-0.15, -0.1) is 0 Å². The van der Waals surface area contributed by atoms with Crippen LogP contribution in [0.1, 0.15) is 26.7 Å². The highest BCUT2D eigenvalue weighted by Gasteiger charge is 2.44. The van der Waals surface area contributed by atoms with Crippen LogP contribution in [-0.2, 0) is 14.9 Å². The first-order chi connectivity index (χ1) is 7.29. The van der Waals surface area contributed by atoms with Crippen LogP contribution < -0.4 is 15.2 Å². The number of amides is 1. The van der Waals surface area contributed by atoms with Crippen LogP contribution in [0.15, 0.2) is 0 Å². The maximum Gasteiger partial charge on any atom is 0.422 e. The van der Waals surface area contributed by atoms with Gasteiger partial charge in [-0.25, -0.2) is 9.52 Å². The molecule has 1 amide bonds. The minimum atomic E-state index is -3.89. The molecule has 0 saturated heterocycles. The number of hydrogen-bond acceptors (Lipinski definition) is 5. The lowest BCUT2D eigenvalue weighted by atomic mass is 10.3. The number of carbonyl (C=O) groups is 1. The summed E-state index contributed by atoms with van der Waals surface area (Å²) in [6, 6.07) is 0. The lowest BCUT2D eigenvalue weighted by Gasteiger charge is -2.16. The summed E-state index contributed by atoms with van der Waals surface area (Å²) in [6.07, 6.45) is 0.00251. The molecule has 0 bridgehead atoms. The summed E-state index contributed by atoms with van der Waals surface area (Å²) in [5.41, 5.74) is 4.84. The van der Waals surface area contributed by atoms with E-state index in [-0.39, 0.29) is 12.6 Å². The van der Waals surface area contributed by atoms with E-state index in [1.54, 1.807) is 18.6 Å². The predicted molar refractivity (Wildman–Crippen MR) is 57.8 cm³/mol. The second-order valence-corrected chi connectivity index (χ2v) is 5.56. The second-order valence-electron chi connectivity index (χ2n) is 4.15. The molecule has 1 saturated carbocycles. The zero-order valence-corrected chi connectivity index (χ0v) is 10.1. The van der Waals surface area contributed by atoms with Gasteiger partial charge >= 0.3 is 16.3 Å². The van der Waals surface area contributed by atoms with Crippen molar-refractivity contribution in [2.75, 3.05) is 6.54 Å². The smallest absolute Gasteiger partial charge is 0.422 e. The summed E-state index contributed by atoms with van der Waals surface area (Å²) in [6.45, 7) is 3.47. The second kappa shape index (κ2) is 4.56. The highest BCUT2D eigenvalue weighted by atomic mass is 32.2. The fourth-order valence-electron chi connectivity index (χ4n) is 1.16. The van der Waals surface area contributed by atoms with Crippen LogP contribution in [0, 0.1) is 0 Å². The third-order valence-corrected chi connectivity index (χ3v) is 3.29. The summed E-state index contributed by atoms with van der Waals surface area (Å²) in [7, 11) is -3.89. The van der Waals surface area contributed by atoms with Gasteiger partial charge in [-0.2, -0.15) is 13.1 Å². The molecule has 0 aromatic heterocycles. The number of hydrogen-bond donors (Lipinski definition) is 3. The molecule has 0 aromatic carbocycles. The van der Waals surface area contributed by atoms with E-state index in [0.717, 1.165) is 0 Å². The van der Waals surface area contributed by atoms with Crippen molar-refractivity contribution in [2.24, 2.45) is 5.73 Å². The normalized spacial score (nSPS) is 18.2. The molecule has 1 aliphatic carbocycles. The molecule has 7 nitrogen and oxygen atoms in total. The largest absolute Gasteiger partial charge is 0.446 e. The average molecular weight is 251 g/mol. The summed E-state index contributed by atoms with van der Waals surface area (Å²) in [4.78, 5) is 11.1. The number of ether oxygens (including phenoxy) is 1. The SMILES string of the molecule is CC(C)OC(=O)NS(=O)(=O)NC1(CN)CC1. The van der Waals surface area contributed by atoms with E-state index in [0.29, 0.717) is 12.8 Å². The molecular formula is C8H17N3O4S. The Bertz CT molecular complexity index is 361. The average Bonchev–Trinajstić information content (AvgIpc) is 2.81. The lowest BCUT2D eigenvalue weighted by molar-refractivity contribution is 0.121. The first kappa shape index (κ1) is 13.2. The van der Waals surface area contributed by atoms with Crippen molar-refractivity contribution < 1.29 is 17.9 Å². The Morgan fingerprint density at radius 2 is 2.06 bits per heavy atom. The van der Waals surface area contributed by atoms with E-state index in [1.165, 1.54) is 0 Å². The monoisotopic (exact) mass is 251 g/mol. The molecule has 8 heteroatoms. The van der Waals surface area contributed by atoms with Gasteiger partial charge < -0.3 is 10.5 Å². The van der Waals surface area contributed by atoms with Gasteiger partial charge in [0.2, 0.25) is 0 Å². The first-order valence-electron chi connectivity index (χ1n) is 5.01. The summed E-state index contributed by atoms with van der Waals surface area (Å²) >= 11 is 0. The van der Waals surface area contributed by atoms with Crippen molar-refractivity contribution in [2.45, 2.75) is 38.3 Å². The van der Waals surface area contributed by atoms with E-state index in [4.69, 9.17) is 5.73 Å². The predicted octanol–water partition coefficient (Wildman–Crippen LogP) is -0.553. The molecule has 0 heterocycles. The molecule has 1 rings (SSSR count). The van der Waals surface area contributed by atoms with Crippen molar-refractivity contribution in [3.63, 3.8) is 0 Å². The van der Waals surface area contributed by atoms with E-state index in [2.05, 4.69) is 9.46 Å². The summed E-state index contributed by atoms with van der Waals surface area (Å²) in [5.74, 6) is 0. The Labute approximate surface area is 94.9 Å². The first-order valence-corrected chi connectivity index (χ1v) is 6.49. The number of nitrogens with one attached hydrogen (secondary N) is 2. The fraction of sp³-hybridized carbons (Fsp3) is 0.875. The molecular weight excluding hydrogens is 234 g/mol. The topological polar surface area (TPSA) is 111 Å². The van der Waals surface area contributed by atoms with Crippen LogP contribution in [0.4, 0.5) is 4.79 Å². The Morgan fingerprint density at radius 1 is 1.50 bits per heavy atom. The highest BCUT2D eigenvalue weighted by molar-refractivity contribution is 7.88. The third-order valence-electron chi connectivity index (χ3n) is 2.16. The lowest BCUT2D eigenvalue weighted by Crippen LogP contribution is -2.49. The molecule has 4 N–H and O–H groups in total. The van der Waals surface area contributed by atoms with Crippen molar-refractivity contribution >= 4 is 16.3 Å². The van der Waals surface area contributed by atoms with Gasteiger partial charge in [0.15, 0.2) is 0 Å². The zero-order valence-electron chi connectivity index (χ0n) is 9.32. The molecule has 0 radical (unpaired) electrons. The molecule has 94 valence electrons. The molecule has 16 heavy (non-hydrogen) atoms. The highest BCUT2D eigenvalue weighted by Crippen LogP contribution is 2.34. The van der Waals surface area contributed by atoms with Crippen molar-refractivity contribution in [1.29, 1.82) is 0 Å². The molecule has 1 aliphatic rings. The maximum absolute atomic E-state index is 11.5. The minimum Gasteiger partial charge on any atom is -0.446 e. The summed E-state index contributed by atoms with van der Waals surface area (Å²) in [5, 5.41) is 0. The molecule has 1 fully saturated rings. The molecule has 0 aromatic rings. The van der Waals surface area contributed by atoms with Crippen LogP contribution in [0.3, 0.4) is 0 Å². The van der Waals surface area contributed by atoms with Crippen molar-refractivity contribution in [3.8, 4) is 0 Å². The van der Waals surface area contributed by atoms with Crippen LogP contribution in [0.25, 0.3) is 0 Å². The van der Waals surface area contributed by atoms with Crippen molar-refractivity contribution in [1.82, 2.24) is 9.44 Å². The van der Waals surface area contributed by atoms with E-state index in [9.17, 15) is 13.2 Å². The van der Waals surface area contributed by atoms with Gasteiger partial charge in [-0.1, -0.05) is 0 Å². The molecule has 0 spiro atoms. The number of carbonyl (C=O) groups excluding carboxylic acids is 1.